The van der Waals surface area contributed by atoms with Gasteiger partial charge in [-0.3, -0.25) is 0 Å². The normalized spacial score (nSPS) is 25.3. The fourth-order valence-corrected chi connectivity index (χ4v) is 12.0. The van der Waals surface area contributed by atoms with Crippen molar-refractivity contribution in [3.05, 3.63) is 173 Å². The number of aryl methyl sites for hydroxylation is 1. The van der Waals surface area contributed by atoms with Gasteiger partial charge in [-0.05, 0) is 77.6 Å². The third-order valence-electron chi connectivity index (χ3n) is 14.6. The van der Waals surface area contributed by atoms with Gasteiger partial charge in [-0.25, -0.2) is 0 Å². The molecule has 5 aromatic carbocycles. The van der Waals surface area contributed by atoms with Crippen molar-refractivity contribution in [2.45, 2.75) is 177 Å². The molecule has 0 spiro atoms. The van der Waals surface area contributed by atoms with Gasteiger partial charge in [0, 0.05) is 4.90 Å². The summed E-state index contributed by atoms with van der Waals surface area (Å²) in [6, 6.07) is 48.8. The topological polar surface area (TPSA) is 103 Å². The van der Waals surface area contributed by atoms with Crippen LogP contribution in [0.5, 0.6) is 0 Å². The van der Waals surface area contributed by atoms with Gasteiger partial charge in [0.1, 0.15) is 54.3 Å². The second-order valence-electron chi connectivity index (χ2n) is 22.3. The minimum Gasteiger partial charge on any atom is -0.408 e. The molecule has 72 heavy (non-hydrogen) atoms. The number of aliphatic hydroxyl groups is 1. The SMILES string of the molecule is Cc1ccc(S[C@H]2O[C@H](COCc3ccccc3)[C@@H](OCc3ccccc3)[C@H](O[Si](C)(C)C(C)(C)C)[C@@H]2O[C@H]2O[C@H](COCc3ccccc3)[C@@H](OCc3ccccc3)[C@H](O[Si](C)(C)C(C)(C)C)[C@@H]2O)cc1. The van der Waals surface area contributed by atoms with Gasteiger partial charge in [0.2, 0.25) is 0 Å². The highest BCUT2D eigenvalue weighted by atomic mass is 32.2. The van der Waals surface area contributed by atoms with Crippen LogP contribution in [-0.4, -0.2) is 95.5 Å². The fourth-order valence-electron chi connectivity index (χ4n) is 8.27. The molecule has 2 saturated heterocycles. The average Bonchev–Trinajstić information content (AvgIpc) is 3.34. The Morgan fingerprint density at radius 1 is 0.486 bits per heavy atom. The molecule has 0 bridgehead atoms. The Bertz CT molecular complexity index is 2350. The second kappa shape index (κ2) is 25.3. The predicted molar refractivity (Wildman–Crippen MR) is 292 cm³/mol. The zero-order chi connectivity index (χ0) is 51.5. The number of benzene rings is 5. The summed E-state index contributed by atoms with van der Waals surface area (Å²) in [5.74, 6) is 0. The standard InChI is InChI=1S/C59H80O10SSi2/c1-42-32-34-47(35-33-42)70-57-55(54(69-72(10,11)59(5,6)7)52(64-39-46-30-22-15-23-31-46)49(66-57)41-62-37-44-26-18-13-19-27-44)67-56-50(60)53(68-71(8,9)58(2,3)4)51(63-38-45-28-20-14-21-29-45)48(65-56)40-61-36-43-24-16-12-17-25-43/h12-35,48-57,60H,36-41H2,1-11H3/t48-,49-,50+,51-,52-,53-,54+,55+,56-,57-/m1/s1. The molecule has 0 amide bonds. The summed E-state index contributed by atoms with van der Waals surface area (Å²) in [4.78, 5) is 0.990. The molecule has 2 aliphatic rings. The quantitative estimate of drug-likeness (QED) is 0.0670. The lowest BCUT2D eigenvalue weighted by molar-refractivity contribution is -0.340. The molecule has 0 radical (unpaired) electrons. The Morgan fingerprint density at radius 3 is 1.31 bits per heavy atom. The maximum absolute atomic E-state index is 13.0. The highest BCUT2D eigenvalue weighted by molar-refractivity contribution is 7.99. The first-order valence-electron chi connectivity index (χ1n) is 25.6. The summed E-state index contributed by atoms with van der Waals surface area (Å²) in [6.07, 6.45) is -7.57. The highest BCUT2D eigenvalue weighted by Crippen LogP contribution is 2.45. The fraction of sp³-hybridized carbons (Fsp3) is 0.492. The molecule has 2 fully saturated rings. The lowest BCUT2D eigenvalue weighted by Gasteiger charge is -2.52. The van der Waals surface area contributed by atoms with E-state index in [4.69, 9.17) is 42.0 Å². The Morgan fingerprint density at radius 2 is 0.875 bits per heavy atom. The molecule has 10 atom stereocenters. The first-order chi connectivity index (χ1) is 34.3. The van der Waals surface area contributed by atoms with E-state index in [1.54, 1.807) is 11.8 Å². The van der Waals surface area contributed by atoms with Crippen LogP contribution in [0.25, 0.3) is 0 Å². The predicted octanol–water partition coefficient (Wildman–Crippen LogP) is 12.7. The van der Waals surface area contributed by atoms with E-state index in [0.29, 0.717) is 19.8 Å². The number of aliphatic hydroxyl groups excluding tert-OH is 1. The van der Waals surface area contributed by atoms with Crippen molar-refractivity contribution in [3.63, 3.8) is 0 Å². The van der Waals surface area contributed by atoms with Gasteiger partial charge in [0.05, 0.1) is 39.6 Å². The van der Waals surface area contributed by atoms with Gasteiger partial charge < -0.3 is 47.1 Å². The molecule has 0 aliphatic carbocycles. The first kappa shape index (κ1) is 56.2. The van der Waals surface area contributed by atoms with Crippen LogP contribution in [0.1, 0.15) is 69.4 Å². The summed E-state index contributed by atoms with van der Waals surface area (Å²) < 4.78 is 63.8. The van der Waals surface area contributed by atoms with E-state index in [0.717, 1.165) is 32.7 Å². The van der Waals surface area contributed by atoms with E-state index >= 15 is 0 Å². The molecular formula is C59H80O10SSi2. The Kier molecular flexibility index (Phi) is 19.8. The number of rotatable bonds is 22. The van der Waals surface area contributed by atoms with Crippen LogP contribution in [-0.2, 0) is 68.4 Å². The van der Waals surface area contributed by atoms with Crippen molar-refractivity contribution < 1.29 is 47.1 Å². The van der Waals surface area contributed by atoms with Gasteiger partial charge in [0.15, 0.2) is 22.9 Å². The average molecular weight is 1040 g/mol. The number of thioether (sulfide) groups is 1. The molecule has 1 N–H and O–H groups in total. The van der Waals surface area contributed by atoms with E-state index in [-0.39, 0.29) is 29.9 Å². The molecule has 7 rings (SSSR count). The smallest absolute Gasteiger partial charge is 0.192 e. The minimum absolute atomic E-state index is 0.147. The monoisotopic (exact) mass is 1040 g/mol. The molecule has 5 aromatic rings. The van der Waals surface area contributed by atoms with E-state index in [2.05, 4.69) is 123 Å². The highest BCUT2D eigenvalue weighted by Gasteiger charge is 2.57. The maximum Gasteiger partial charge on any atom is 0.192 e. The van der Waals surface area contributed by atoms with E-state index in [1.165, 1.54) is 0 Å². The van der Waals surface area contributed by atoms with Crippen LogP contribution >= 0.6 is 11.8 Å². The van der Waals surface area contributed by atoms with E-state index < -0.39 is 77.2 Å². The van der Waals surface area contributed by atoms with Gasteiger partial charge in [-0.2, -0.15) is 0 Å². The van der Waals surface area contributed by atoms with Crippen LogP contribution in [0, 0.1) is 6.92 Å². The summed E-state index contributed by atoms with van der Waals surface area (Å²) in [6.45, 7) is 26.0. The molecule has 0 saturated carbocycles. The van der Waals surface area contributed by atoms with Crippen molar-refractivity contribution in [1.29, 1.82) is 0 Å². The maximum atomic E-state index is 13.0. The zero-order valence-corrected chi connectivity index (χ0v) is 47.2. The Balaban J connectivity index is 1.31. The summed E-state index contributed by atoms with van der Waals surface area (Å²) >= 11 is 1.56. The molecule has 2 heterocycles. The van der Waals surface area contributed by atoms with Crippen molar-refractivity contribution >= 4 is 28.4 Å². The van der Waals surface area contributed by atoms with Gasteiger partial charge in [0.25, 0.3) is 0 Å². The molecule has 10 nitrogen and oxygen atoms in total. The summed E-state index contributed by atoms with van der Waals surface area (Å²) in [7, 11) is -5.21. The van der Waals surface area contributed by atoms with E-state index in [9.17, 15) is 5.11 Å². The molecular weight excluding hydrogens is 957 g/mol. The number of ether oxygens (including phenoxy) is 7. The van der Waals surface area contributed by atoms with Gasteiger partial charge in [-0.15, -0.1) is 0 Å². The van der Waals surface area contributed by atoms with Crippen LogP contribution in [0.4, 0.5) is 0 Å². The first-order valence-corrected chi connectivity index (χ1v) is 32.3. The zero-order valence-electron chi connectivity index (χ0n) is 44.4. The third-order valence-corrected chi connectivity index (χ3v) is 24.7. The van der Waals surface area contributed by atoms with E-state index in [1.807, 2.05) is 97.1 Å². The molecule has 0 aromatic heterocycles. The van der Waals surface area contributed by atoms with Crippen LogP contribution in [0.15, 0.2) is 150 Å². The second-order valence-corrected chi connectivity index (χ2v) is 33.0. The van der Waals surface area contributed by atoms with Crippen molar-refractivity contribution in [1.82, 2.24) is 0 Å². The Hall–Kier alpha value is -3.52. The van der Waals surface area contributed by atoms with Gasteiger partial charge in [-0.1, -0.05) is 192 Å². The molecule has 2 aliphatic heterocycles. The molecule has 13 heteroatoms. The molecule has 390 valence electrons. The third kappa shape index (κ3) is 15.3. The largest absolute Gasteiger partial charge is 0.408 e. The van der Waals surface area contributed by atoms with Crippen LogP contribution in [0.2, 0.25) is 36.3 Å². The lowest BCUT2D eigenvalue weighted by Crippen LogP contribution is -2.67. The van der Waals surface area contributed by atoms with Crippen LogP contribution < -0.4 is 0 Å². The number of hydrogen-bond acceptors (Lipinski definition) is 11. The van der Waals surface area contributed by atoms with Crippen molar-refractivity contribution in [2.24, 2.45) is 0 Å². The minimum atomic E-state index is -2.62. The van der Waals surface area contributed by atoms with Gasteiger partial charge >= 0.3 is 0 Å². The summed E-state index contributed by atoms with van der Waals surface area (Å²) in [5.41, 5.74) is 4.57. The summed E-state index contributed by atoms with van der Waals surface area (Å²) in [5, 5.41) is 12.6. The van der Waals surface area contributed by atoms with Crippen molar-refractivity contribution in [3.8, 4) is 0 Å². The lowest BCUT2D eigenvalue weighted by atomic mass is 9.97. The molecule has 0 unspecified atom stereocenters. The van der Waals surface area contributed by atoms with Crippen molar-refractivity contribution in [2.75, 3.05) is 13.2 Å². The Labute approximate surface area is 436 Å². The van der Waals surface area contributed by atoms with Crippen LogP contribution in [0.3, 0.4) is 0 Å². The number of hydrogen-bond donors (Lipinski definition) is 1.